The van der Waals surface area contributed by atoms with E-state index < -0.39 is 17.8 Å². The summed E-state index contributed by atoms with van der Waals surface area (Å²) in [6, 6.07) is 3.40. The molecule has 1 amide bonds. The molecule has 1 atom stereocenters. The molecule has 0 saturated carbocycles. The fourth-order valence-electron chi connectivity index (χ4n) is 2.19. The van der Waals surface area contributed by atoms with Crippen LogP contribution >= 0.6 is 0 Å². The Balaban J connectivity index is 2.59. The second kappa shape index (κ2) is 7.90. The minimum atomic E-state index is -0.708. The van der Waals surface area contributed by atoms with Crippen LogP contribution in [0.25, 0.3) is 0 Å². The Morgan fingerprint density at radius 2 is 2.04 bits per heavy atom. The van der Waals surface area contributed by atoms with Gasteiger partial charge in [0, 0.05) is 6.20 Å². The molecule has 1 unspecified atom stereocenters. The molecule has 8 nitrogen and oxygen atoms in total. The fourth-order valence-corrected chi connectivity index (χ4v) is 2.19. The zero-order chi connectivity index (χ0) is 19.3. The first-order valence-electron chi connectivity index (χ1n) is 8.08. The maximum atomic E-state index is 12.9. The smallest absolute Gasteiger partial charge is 0.420 e. The number of carbonyl (C=O) groups is 2. The van der Waals surface area contributed by atoms with Crippen LogP contribution in [0, 0.1) is 6.92 Å². The summed E-state index contributed by atoms with van der Waals surface area (Å²) in [5, 5.41) is 0. The molecule has 2 heterocycles. The van der Waals surface area contributed by atoms with E-state index in [1.807, 2.05) is 0 Å². The maximum Gasteiger partial charge on any atom is 0.420 e. The van der Waals surface area contributed by atoms with Gasteiger partial charge in [-0.25, -0.2) is 19.7 Å². The van der Waals surface area contributed by atoms with Gasteiger partial charge >= 0.3 is 6.09 Å². The van der Waals surface area contributed by atoms with Crippen molar-refractivity contribution >= 4 is 24.1 Å². The van der Waals surface area contributed by atoms with E-state index in [0.717, 1.165) is 0 Å². The molecular weight excluding hydrogens is 336 g/mol. The Bertz CT molecular complexity index is 775. The second-order valence-electron chi connectivity index (χ2n) is 6.62. The van der Waals surface area contributed by atoms with Crippen LogP contribution in [0.1, 0.15) is 45.2 Å². The van der Waals surface area contributed by atoms with Gasteiger partial charge in [-0.15, -0.1) is 0 Å². The Hall–Kier alpha value is -3.03. The van der Waals surface area contributed by atoms with Gasteiger partial charge in [0.25, 0.3) is 6.47 Å². The van der Waals surface area contributed by atoms with Gasteiger partial charge in [-0.3, -0.25) is 9.78 Å². The van der Waals surface area contributed by atoms with Gasteiger partial charge in [0.05, 0.1) is 23.8 Å². The second-order valence-corrected chi connectivity index (χ2v) is 6.62. The lowest BCUT2D eigenvalue weighted by molar-refractivity contribution is -0.133. The molecule has 0 N–H and O–H groups in total. The lowest BCUT2D eigenvalue weighted by Crippen LogP contribution is -2.35. The molecule has 0 aliphatic carbocycles. The zero-order valence-corrected chi connectivity index (χ0v) is 15.5. The minimum Gasteiger partial charge on any atom is -0.458 e. The lowest BCUT2D eigenvalue weighted by Gasteiger charge is -2.28. The van der Waals surface area contributed by atoms with Gasteiger partial charge in [0.1, 0.15) is 17.4 Å². The summed E-state index contributed by atoms with van der Waals surface area (Å²) in [5.74, 6) is 0.215. The predicted molar refractivity (Wildman–Crippen MR) is 94.9 cm³/mol. The first-order valence-corrected chi connectivity index (χ1v) is 8.08. The van der Waals surface area contributed by atoms with Gasteiger partial charge in [-0.1, -0.05) is 0 Å². The van der Waals surface area contributed by atoms with Crippen molar-refractivity contribution in [3.8, 4) is 0 Å². The number of rotatable bonds is 5. The molecule has 2 rings (SSSR count). The Kier molecular flexibility index (Phi) is 5.86. The molecule has 0 bridgehead atoms. The van der Waals surface area contributed by atoms with Crippen LogP contribution in [0.4, 0.5) is 16.3 Å². The van der Waals surface area contributed by atoms with E-state index in [0.29, 0.717) is 23.5 Å². The van der Waals surface area contributed by atoms with Gasteiger partial charge < -0.3 is 9.47 Å². The molecular formula is C18H22N4O4. The highest BCUT2D eigenvalue weighted by Crippen LogP contribution is 2.31. The number of hydrogen-bond acceptors (Lipinski definition) is 7. The van der Waals surface area contributed by atoms with Crippen molar-refractivity contribution in [3.05, 3.63) is 42.1 Å². The van der Waals surface area contributed by atoms with Crippen molar-refractivity contribution in [2.75, 3.05) is 4.90 Å². The molecule has 0 aliphatic rings. The minimum absolute atomic E-state index is 0.215. The fraction of sp³-hybridized carbons (Fsp3) is 0.389. The average molecular weight is 358 g/mol. The van der Waals surface area contributed by atoms with Crippen LogP contribution < -0.4 is 4.90 Å². The molecule has 0 aliphatic heterocycles. The number of nitrogens with zero attached hydrogens (tertiary/aromatic N) is 4. The summed E-state index contributed by atoms with van der Waals surface area (Å²) in [6.07, 6.45) is 3.30. The van der Waals surface area contributed by atoms with E-state index in [1.54, 1.807) is 52.9 Å². The Morgan fingerprint density at radius 1 is 1.31 bits per heavy atom. The standard InChI is InChI=1S/C18H22N4O4/c1-12-9-20-16(15(21-12)13(2)25-11-23)22(14-7-6-8-19-10-14)17(24)26-18(3,4)5/h6-11,13H,1-5H3. The Labute approximate surface area is 152 Å². The van der Waals surface area contributed by atoms with E-state index in [-0.39, 0.29) is 5.82 Å². The van der Waals surface area contributed by atoms with Crippen LogP contribution in [0.3, 0.4) is 0 Å². The summed E-state index contributed by atoms with van der Waals surface area (Å²) < 4.78 is 10.5. The monoisotopic (exact) mass is 358 g/mol. The number of pyridine rings is 1. The largest absolute Gasteiger partial charge is 0.458 e. The summed E-state index contributed by atoms with van der Waals surface area (Å²) in [7, 11) is 0. The first kappa shape index (κ1) is 19.3. The average Bonchev–Trinajstić information content (AvgIpc) is 2.56. The molecule has 2 aromatic heterocycles. The number of hydrogen-bond donors (Lipinski definition) is 0. The zero-order valence-electron chi connectivity index (χ0n) is 15.5. The van der Waals surface area contributed by atoms with Crippen molar-refractivity contribution in [1.29, 1.82) is 0 Å². The van der Waals surface area contributed by atoms with E-state index >= 15 is 0 Å². The van der Waals surface area contributed by atoms with Gasteiger partial charge in [0.15, 0.2) is 5.82 Å². The number of aryl methyl sites for hydroxylation is 1. The van der Waals surface area contributed by atoms with Crippen molar-refractivity contribution in [1.82, 2.24) is 15.0 Å². The lowest BCUT2D eigenvalue weighted by atomic mass is 10.2. The highest BCUT2D eigenvalue weighted by molar-refractivity contribution is 5.95. The van der Waals surface area contributed by atoms with Crippen LogP contribution in [-0.2, 0) is 14.3 Å². The van der Waals surface area contributed by atoms with Gasteiger partial charge in [-0.05, 0) is 46.8 Å². The number of ether oxygens (including phenoxy) is 2. The van der Waals surface area contributed by atoms with E-state index in [2.05, 4.69) is 15.0 Å². The number of aromatic nitrogens is 3. The van der Waals surface area contributed by atoms with E-state index in [9.17, 15) is 9.59 Å². The van der Waals surface area contributed by atoms with Crippen molar-refractivity contribution in [2.45, 2.75) is 46.3 Å². The van der Waals surface area contributed by atoms with Gasteiger partial charge in [0.2, 0.25) is 0 Å². The normalized spacial score (nSPS) is 12.2. The van der Waals surface area contributed by atoms with Crippen molar-refractivity contribution < 1.29 is 19.1 Å². The van der Waals surface area contributed by atoms with Crippen molar-refractivity contribution in [3.63, 3.8) is 0 Å². The molecule has 0 radical (unpaired) electrons. The molecule has 2 aromatic rings. The topological polar surface area (TPSA) is 94.5 Å². The van der Waals surface area contributed by atoms with Crippen LogP contribution in [0.2, 0.25) is 0 Å². The summed E-state index contributed by atoms with van der Waals surface area (Å²) in [6.45, 7) is 9.05. The molecule has 8 heteroatoms. The number of anilines is 2. The quantitative estimate of drug-likeness (QED) is 0.755. The Morgan fingerprint density at radius 3 is 2.62 bits per heavy atom. The van der Waals surface area contributed by atoms with Crippen LogP contribution in [-0.4, -0.2) is 33.1 Å². The van der Waals surface area contributed by atoms with E-state index in [1.165, 1.54) is 17.3 Å². The third-order valence-corrected chi connectivity index (χ3v) is 3.24. The molecule has 0 saturated heterocycles. The number of amides is 1. The summed E-state index contributed by atoms with van der Waals surface area (Å²) >= 11 is 0. The number of carbonyl (C=O) groups excluding carboxylic acids is 2. The molecule has 138 valence electrons. The third kappa shape index (κ3) is 4.75. The predicted octanol–water partition coefficient (Wildman–Crippen LogP) is 3.49. The van der Waals surface area contributed by atoms with E-state index in [4.69, 9.17) is 9.47 Å². The van der Waals surface area contributed by atoms with Crippen molar-refractivity contribution in [2.24, 2.45) is 0 Å². The highest BCUT2D eigenvalue weighted by Gasteiger charge is 2.30. The molecule has 0 spiro atoms. The van der Waals surface area contributed by atoms with Crippen LogP contribution in [0.5, 0.6) is 0 Å². The SMILES string of the molecule is Cc1cnc(N(C(=O)OC(C)(C)C)c2cccnc2)c(C(C)OC=O)n1. The first-order chi connectivity index (χ1) is 12.2. The third-order valence-electron chi connectivity index (χ3n) is 3.24. The summed E-state index contributed by atoms with van der Waals surface area (Å²) in [4.78, 5) is 37.7. The highest BCUT2D eigenvalue weighted by atomic mass is 16.6. The molecule has 0 fully saturated rings. The van der Waals surface area contributed by atoms with Crippen LogP contribution in [0.15, 0.2) is 30.7 Å². The molecule has 0 aromatic carbocycles. The molecule has 26 heavy (non-hydrogen) atoms. The summed E-state index contributed by atoms with van der Waals surface area (Å²) in [5.41, 5.74) is 0.715. The maximum absolute atomic E-state index is 12.9. The van der Waals surface area contributed by atoms with Gasteiger partial charge in [-0.2, -0.15) is 0 Å².